The van der Waals surface area contributed by atoms with Crippen LogP contribution in [0, 0.1) is 5.92 Å². The minimum Gasteiger partial charge on any atom is -0.481 e. The summed E-state index contributed by atoms with van der Waals surface area (Å²) in [6.07, 6.45) is 3.72. The maximum atomic E-state index is 12.2. The molecule has 0 aromatic heterocycles. The van der Waals surface area contributed by atoms with E-state index in [4.69, 9.17) is 14.6 Å². The summed E-state index contributed by atoms with van der Waals surface area (Å²) in [7, 11) is 0. The molecular weight excluding hydrogens is 408 g/mol. The summed E-state index contributed by atoms with van der Waals surface area (Å²) in [4.78, 5) is 25.7. The van der Waals surface area contributed by atoms with Crippen LogP contribution in [0.4, 0.5) is 0 Å². The van der Waals surface area contributed by atoms with Crippen molar-refractivity contribution in [3.05, 3.63) is 35.4 Å². The van der Waals surface area contributed by atoms with Gasteiger partial charge in [0.15, 0.2) is 0 Å². The average molecular weight is 449 g/mol. The molecule has 2 N–H and O–H groups in total. The molecule has 1 aromatic rings. The lowest BCUT2D eigenvalue weighted by Crippen LogP contribution is -2.33. The molecule has 1 aliphatic rings. The van der Waals surface area contributed by atoms with E-state index in [0.717, 1.165) is 69.5 Å². The van der Waals surface area contributed by atoms with Gasteiger partial charge < -0.3 is 24.8 Å². The molecule has 0 amide bonds. The van der Waals surface area contributed by atoms with Crippen LogP contribution in [0.25, 0.3) is 0 Å². The largest absolute Gasteiger partial charge is 0.481 e. The van der Waals surface area contributed by atoms with E-state index in [1.54, 1.807) is 6.92 Å². The van der Waals surface area contributed by atoms with Crippen LogP contribution in [-0.2, 0) is 25.5 Å². The Morgan fingerprint density at radius 1 is 1.16 bits per heavy atom. The smallest absolute Gasteiger partial charge is 0.332 e. The molecule has 32 heavy (non-hydrogen) atoms. The molecule has 1 aromatic carbocycles. The highest BCUT2D eigenvalue weighted by Crippen LogP contribution is 2.31. The standard InChI is InChI=1S/C25H40N2O5/c1-4-27(5-2)15-13-26-14-16-31-18-24(28)32-23-8-6-7-22(23)17-20-9-11-21(12-10-20)19(3)25(29)30/h9-12,19,22-23,26H,4-8,13-18H2,1-3H3,(H,29,30)/t19-,22+,23-/m0/s1. The minimum absolute atomic E-state index is 0.0112. The Hall–Kier alpha value is -1.96. The zero-order valence-electron chi connectivity index (χ0n) is 19.8. The number of carboxylic acids is 1. The molecule has 1 saturated carbocycles. The highest BCUT2D eigenvalue weighted by Gasteiger charge is 2.30. The first-order valence-electron chi connectivity index (χ1n) is 12.0. The Morgan fingerprint density at radius 2 is 1.88 bits per heavy atom. The van der Waals surface area contributed by atoms with Gasteiger partial charge in [-0.2, -0.15) is 0 Å². The molecule has 2 rings (SSSR count). The first kappa shape index (κ1) is 26.3. The fourth-order valence-electron chi connectivity index (χ4n) is 4.18. The van der Waals surface area contributed by atoms with Gasteiger partial charge in [0.05, 0.1) is 12.5 Å². The molecule has 0 unspecified atom stereocenters. The molecule has 1 aliphatic carbocycles. The van der Waals surface area contributed by atoms with Crippen LogP contribution in [0.2, 0.25) is 0 Å². The third kappa shape index (κ3) is 8.88. The third-order valence-corrected chi connectivity index (χ3v) is 6.36. The molecule has 0 radical (unpaired) electrons. The normalized spacial score (nSPS) is 19.2. The van der Waals surface area contributed by atoms with Crippen molar-refractivity contribution >= 4 is 11.9 Å². The molecule has 3 atom stereocenters. The zero-order chi connectivity index (χ0) is 23.3. The van der Waals surface area contributed by atoms with Crippen molar-refractivity contribution in [2.45, 2.75) is 58.5 Å². The van der Waals surface area contributed by atoms with Gasteiger partial charge in [0, 0.05) is 19.6 Å². The monoisotopic (exact) mass is 448 g/mol. The number of carbonyl (C=O) groups is 2. The van der Waals surface area contributed by atoms with Crippen LogP contribution in [0.1, 0.15) is 57.1 Å². The van der Waals surface area contributed by atoms with E-state index >= 15 is 0 Å². The van der Waals surface area contributed by atoms with Crippen LogP contribution >= 0.6 is 0 Å². The molecule has 0 aliphatic heterocycles. The van der Waals surface area contributed by atoms with Crippen LogP contribution in [-0.4, -0.2) is 74.0 Å². The maximum Gasteiger partial charge on any atom is 0.332 e. The lowest BCUT2D eigenvalue weighted by atomic mass is 9.93. The van der Waals surface area contributed by atoms with E-state index < -0.39 is 11.9 Å². The maximum absolute atomic E-state index is 12.2. The number of hydrogen-bond donors (Lipinski definition) is 2. The topological polar surface area (TPSA) is 88.1 Å². The van der Waals surface area contributed by atoms with Crippen molar-refractivity contribution in [1.82, 2.24) is 10.2 Å². The van der Waals surface area contributed by atoms with Gasteiger partial charge in [0.2, 0.25) is 0 Å². The van der Waals surface area contributed by atoms with E-state index in [9.17, 15) is 9.59 Å². The van der Waals surface area contributed by atoms with Crippen molar-refractivity contribution < 1.29 is 24.2 Å². The van der Waals surface area contributed by atoms with Gasteiger partial charge in [0.25, 0.3) is 0 Å². The van der Waals surface area contributed by atoms with Gasteiger partial charge in [-0.15, -0.1) is 0 Å². The lowest BCUT2D eigenvalue weighted by Gasteiger charge is -2.20. The van der Waals surface area contributed by atoms with Crippen molar-refractivity contribution in [3.63, 3.8) is 0 Å². The van der Waals surface area contributed by atoms with Crippen LogP contribution < -0.4 is 5.32 Å². The second-order valence-corrected chi connectivity index (χ2v) is 8.55. The average Bonchev–Trinajstić information content (AvgIpc) is 3.22. The molecule has 1 fully saturated rings. The summed E-state index contributed by atoms with van der Waals surface area (Å²) >= 11 is 0. The summed E-state index contributed by atoms with van der Waals surface area (Å²) < 4.78 is 11.2. The number of ether oxygens (including phenoxy) is 2. The predicted molar refractivity (Wildman–Crippen MR) is 125 cm³/mol. The molecule has 180 valence electrons. The van der Waals surface area contributed by atoms with Crippen LogP contribution in [0.5, 0.6) is 0 Å². The number of benzene rings is 1. The molecule has 0 bridgehead atoms. The Balaban J connectivity index is 1.66. The van der Waals surface area contributed by atoms with Gasteiger partial charge in [-0.3, -0.25) is 4.79 Å². The summed E-state index contributed by atoms with van der Waals surface area (Å²) in [5.41, 5.74) is 1.95. The Morgan fingerprint density at radius 3 is 2.53 bits per heavy atom. The first-order chi connectivity index (χ1) is 15.4. The van der Waals surface area contributed by atoms with Crippen molar-refractivity contribution in [2.24, 2.45) is 5.92 Å². The summed E-state index contributed by atoms with van der Waals surface area (Å²) in [5, 5.41) is 12.5. The highest BCUT2D eigenvalue weighted by molar-refractivity contribution is 5.75. The van der Waals surface area contributed by atoms with Gasteiger partial charge in [-0.05, 0) is 62.7 Å². The third-order valence-electron chi connectivity index (χ3n) is 6.36. The Kier molecular flexibility index (Phi) is 11.7. The van der Waals surface area contributed by atoms with Gasteiger partial charge in [-0.1, -0.05) is 38.1 Å². The summed E-state index contributed by atoms with van der Waals surface area (Å²) in [5.74, 6) is -1.33. The number of rotatable bonds is 15. The van der Waals surface area contributed by atoms with E-state index in [1.807, 2.05) is 24.3 Å². The van der Waals surface area contributed by atoms with E-state index in [0.29, 0.717) is 12.5 Å². The molecular formula is C25H40N2O5. The second kappa shape index (κ2) is 14.2. The Bertz CT molecular complexity index is 690. The zero-order valence-corrected chi connectivity index (χ0v) is 19.8. The summed E-state index contributed by atoms with van der Waals surface area (Å²) in [6.45, 7) is 11.2. The second-order valence-electron chi connectivity index (χ2n) is 8.55. The number of nitrogens with one attached hydrogen (secondary N) is 1. The summed E-state index contributed by atoms with van der Waals surface area (Å²) in [6, 6.07) is 7.74. The molecule has 7 heteroatoms. The molecule has 7 nitrogen and oxygen atoms in total. The number of esters is 1. The molecule has 0 saturated heterocycles. The van der Waals surface area contributed by atoms with Crippen molar-refractivity contribution in [1.29, 1.82) is 0 Å². The van der Waals surface area contributed by atoms with Crippen LogP contribution in [0.3, 0.4) is 0 Å². The van der Waals surface area contributed by atoms with E-state index in [-0.39, 0.29) is 18.7 Å². The van der Waals surface area contributed by atoms with Gasteiger partial charge in [-0.25, -0.2) is 4.79 Å². The highest BCUT2D eigenvalue weighted by atomic mass is 16.6. The number of carbonyl (C=O) groups excluding carboxylic acids is 1. The minimum atomic E-state index is -0.821. The fourth-order valence-corrected chi connectivity index (χ4v) is 4.18. The fraction of sp³-hybridized carbons (Fsp3) is 0.680. The SMILES string of the molecule is CCN(CC)CCNCCOCC(=O)O[C@H]1CCC[C@@H]1Cc1ccc([C@H](C)C(=O)O)cc1. The number of likely N-dealkylation sites (N-methyl/N-ethyl adjacent to an activating group) is 1. The van der Waals surface area contributed by atoms with E-state index in [1.165, 1.54) is 0 Å². The lowest BCUT2D eigenvalue weighted by molar-refractivity contribution is -0.156. The number of hydrogen-bond acceptors (Lipinski definition) is 6. The van der Waals surface area contributed by atoms with Gasteiger partial charge >= 0.3 is 11.9 Å². The number of carboxylic acid groups (broad SMARTS) is 1. The van der Waals surface area contributed by atoms with Crippen LogP contribution in [0.15, 0.2) is 24.3 Å². The molecule has 0 spiro atoms. The number of aliphatic carboxylic acids is 1. The van der Waals surface area contributed by atoms with Crippen molar-refractivity contribution in [3.8, 4) is 0 Å². The van der Waals surface area contributed by atoms with Gasteiger partial charge in [0.1, 0.15) is 12.7 Å². The van der Waals surface area contributed by atoms with Crippen molar-refractivity contribution in [2.75, 3.05) is 45.9 Å². The molecule has 0 heterocycles. The first-order valence-corrected chi connectivity index (χ1v) is 12.0. The van der Waals surface area contributed by atoms with E-state index in [2.05, 4.69) is 24.1 Å². The predicted octanol–water partition coefficient (Wildman–Crippen LogP) is 3.08. The number of nitrogens with zero attached hydrogens (tertiary/aromatic N) is 1. The Labute approximate surface area is 192 Å². The quantitative estimate of drug-likeness (QED) is 0.315.